The Bertz CT molecular complexity index is 487. The van der Waals surface area contributed by atoms with Crippen LogP contribution >= 0.6 is 27.3 Å². The zero-order valence-corrected chi connectivity index (χ0v) is 12.3. The van der Waals surface area contributed by atoms with Crippen LogP contribution in [0.15, 0.2) is 22.9 Å². The Morgan fingerprint density at radius 2 is 2.35 bits per heavy atom. The SMILES string of the molecule is CCn1ccnc1CC(O)c1cc(Br)c(C)s1. The van der Waals surface area contributed by atoms with Crippen molar-refractivity contribution in [1.29, 1.82) is 0 Å². The van der Waals surface area contributed by atoms with Crippen molar-refractivity contribution in [1.82, 2.24) is 9.55 Å². The van der Waals surface area contributed by atoms with E-state index in [1.165, 1.54) is 4.88 Å². The van der Waals surface area contributed by atoms with Gasteiger partial charge < -0.3 is 9.67 Å². The van der Waals surface area contributed by atoms with E-state index in [9.17, 15) is 5.11 Å². The lowest BCUT2D eigenvalue weighted by molar-refractivity contribution is 0.178. The van der Waals surface area contributed by atoms with Crippen molar-refractivity contribution in [3.63, 3.8) is 0 Å². The van der Waals surface area contributed by atoms with E-state index in [1.807, 2.05) is 19.2 Å². The van der Waals surface area contributed by atoms with Gasteiger partial charge in [-0.1, -0.05) is 0 Å². The smallest absolute Gasteiger partial charge is 0.111 e. The zero-order valence-electron chi connectivity index (χ0n) is 9.85. The molecule has 0 saturated heterocycles. The molecule has 0 bridgehead atoms. The summed E-state index contributed by atoms with van der Waals surface area (Å²) in [6.45, 7) is 5.00. The van der Waals surface area contributed by atoms with Crippen molar-refractivity contribution in [3.05, 3.63) is 38.5 Å². The lowest BCUT2D eigenvalue weighted by Crippen LogP contribution is -2.07. The van der Waals surface area contributed by atoms with E-state index in [0.717, 1.165) is 21.7 Å². The summed E-state index contributed by atoms with van der Waals surface area (Å²) in [5.74, 6) is 0.933. The summed E-state index contributed by atoms with van der Waals surface area (Å²) in [7, 11) is 0. The second-order valence-electron chi connectivity index (χ2n) is 3.90. The third kappa shape index (κ3) is 2.78. The van der Waals surface area contributed by atoms with Crippen molar-refractivity contribution in [2.75, 3.05) is 0 Å². The Kier molecular flexibility index (Phi) is 4.01. The van der Waals surface area contributed by atoms with Gasteiger partial charge in [-0.05, 0) is 35.8 Å². The average Bonchev–Trinajstić information content (AvgIpc) is 2.86. The minimum atomic E-state index is -0.474. The minimum Gasteiger partial charge on any atom is -0.387 e. The van der Waals surface area contributed by atoms with Gasteiger partial charge in [0.25, 0.3) is 0 Å². The number of rotatable bonds is 4. The third-order valence-electron chi connectivity index (χ3n) is 2.72. The molecule has 17 heavy (non-hydrogen) atoms. The van der Waals surface area contributed by atoms with E-state index >= 15 is 0 Å². The molecular formula is C12H15BrN2OS. The van der Waals surface area contributed by atoms with Crippen LogP contribution in [-0.2, 0) is 13.0 Å². The second-order valence-corrected chi connectivity index (χ2v) is 6.04. The molecule has 2 aromatic rings. The molecule has 0 aliphatic carbocycles. The van der Waals surface area contributed by atoms with Crippen LogP contribution in [0.1, 0.15) is 28.6 Å². The number of aryl methyl sites for hydroxylation is 2. The van der Waals surface area contributed by atoms with Crippen molar-refractivity contribution in [3.8, 4) is 0 Å². The summed E-state index contributed by atoms with van der Waals surface area (Å²) in [6, 6.07) is 1.99. The van der Waals surface area contributed by atoms with Gasteiger partial charge in [0.05, 0.1) is 6.10 Å². The molecule has 1 unspecified atom stereocenters. The molecule has 0 aliphatic heterocycles. The van der Waals surface area contributed by atoms with Gasteiger partial charge in [0.15, 0.2) is 0 Å². The first-order valence-electron chi connectivity index (χ1n) is 5.55. The summed E-state index contributed by atoms with van der Waals surface area (Å²) < 4.78 is 3.12. The fourth-order valence-electron chi connectivity index (χ4n) is 1.74. The quantitative estimate of drug-likeness (QED) is 0.940. The van der Waals surface area contributed by atoms with Crippen LogP contribution < -0.4 is 0 Å². The summed E-state index contributed by atoms with van der Waals surface area (Å²) >= 11 is 5.09. The Morgan fingerprint density at radius 3 is 2.94 bits per heavy atom. The van der Waals surface area contributed by atoms with Gasteiger partial charge in [-0.25, -0.2) is 4.98 Å². The van der Waals surface area contributed by atoms with Gasteiger partial charge in [-0.15, -0.1) is 11.3 Å². The highest BCUT2D eigenvalue weighted by molar-refractivity contribution is 9.10. The minimum absolute atomic E-state index is 0.474. The molecular weight excluding hydrogens is 300 g/mol. The Morgan fingerprint density at radius 1 is 1.59 bits per heavy atom. The van der Waals surface area contributed by atoms with E-state index in [4.69, 9.17) is 0 Å². The van der Waals surface area contributed by atoms with Crippen LogP contribution in [0.5, 0.6) is 0 Å². The first-order valence-corrected chi connectivity index (χ1v) is 7.16. The van der Waals surface area contributed by atoms with E-state index < -0.39 is 6.10 Å². The molecule has 0 radical (unpaired) electrons. The van der Waals surface area contributed by atoms with Crippen molar-refractivity contribution >= 4 is 27.3 Å². The van der Waals surface area contributed by atoms with Crippen LogP contribution in [-0.4, -0.2) is 14.7 Å². The van der Waals surface area contributed by atoms with Crippen LogP contribution in [0.4, 0.5) is 0 Å². The van der Waals surface area contributed by atoms with E-state index in [2.05, 4.69) is 32.4 Å². The van der Waals surface area contributed by atoms with Gasteiger partial charge in [0, 0.05) is 39.6 Å². The van der Waals surface area contributed by atoms with Gasteiger partial charge >= 0.3 is 0 Å². The van der Waals surface area contributed by atoms with E-state index in [0.29, 0.717) is 6.42 Å². The number of aliphatic hydroxyl groups is 1. The lowest BCUT2D eigenvalue weighted by Gasteiger charge is -2.09. The molecule has 1 N–H and O–H groups in total. The Hall–Kier alpha value is -0.650. The molecule has 0 saturated carbocycles. The molecule has 1 atom stereocenters. The van der Waals surface area contributed by atoms with Gasteiger partial charge in [0.1, 0.15) is 5.82 Å². The number of halogens is 1. The van der Waals surface area contributed by atoms with Gasteiger partial charge in [-0.3, -0.25) is 0 Å². The third-order valence-corrected chi connectivity index (χ3v) is 4.96. The topological polar surface area (TPSA) is 38.0 Å². The molecule has 3 nitrogen and oxygen atoms in total. The number of aromatic nitrogens is 2. The Balaban J connectivity index is 2.14. The summed E-state index contributed by atoms with van der Waals surface area (Å²) in [4.78, 5) is 6.46. The first kappa shape index (κ1) is 12.8. The number of aliphatic hydroxyl groups excluding tert-OH is 1. The number of imidazole rings is 1. The summed E-state index contributed by atoms with van der Waals surface area (Å²) in [5.41, 5.74) is 0. The molecule has 2 rings (SSSR count). The maximum atomic E-state index is 10.2. The molecule has 2 heterocycles. The predicted octanol–water partition coefficient (Wildman–Crippen LogP) is 3.31. The summed E-state index contributed by atoms with van der Waals surface area (Å²) in [5, 5.41) is 10.2. The first-order chi connectivity index (χ1) is 8.11. The monoisotopic (exact) mass is 314 g/mol. The predicted molar refractivity (Wildman–Crippen MR) is 73.3 cm³/mol. The highest BCUT2D eigenvalue weighted by Gasteiger charge is 2.15. The number of thiophene rings is 1. The van der Waals surface area contributed by atoms with Crippen molar-refractivity contribution < 1.29 is 5.11 Å². The second kappa shape index (κ2) is 5.33. The standard InChI is InChI=1S/C12H15BrN2OS/c1-3-15-5-4-14-12(15)7-10(16)11-6-9(13)8(2)17-11/h4-6,10,16H,3,7H2,1-2H3. The molecule has 5 heteroatoms. The molecule has 0 aromatic carbocycles. The van der Waals surface area contributed by atoms with Crippen LogP contribution in [0.25, 0.3) is 0 Å². The van der Waals surface area contributed by atoms with Gasteiger partial charge in [0.2, 0.25) is 0 Å². The largest absolute Gasteiger partial charge is 0.387 e. The van der Waals surface area contributed by atoms with Crippen molar-refractivity contribution in [2.45, 2.75) is 32.9 Å². The highest BCUT2D eigenvalue weighted by atomic mass is 79.9. The molecule has 0 aliphatic rings. The lowest BCUT2D eigenvalue weighted by atomic mass is 10.2. The molecule has 0 spiro atoms. The average molecular weight is 315 g/mol. The normalized spacial score (nSPS) is 12.9. The van der Waals surface area contributed by atoms with Crippen LogP contribution in [0, 0.1) is 6.92 Å². The van der Waals surface area contributed by atoms with E-state index in [1.54, 1.807) is 17.5 Å². The highest BCUT2D eigenvalue weighted by Crippen LogP contribution is 2.31. The number of hydrogen-bond acceptors (Lipinski definition) is 3. The number of nitrogens with zero attached hydrogens (tertiary/aromatic N) is 2. The fourth-order valence-corrected chi connectivity index (χ4v) is 3.28. The molecule has 0 fully saturated rings. The van der Waals surface area contributed by atoms with Crippen molar-refractivity contribution in [2.24, 2.45) is 0 Å². The molecule has 92 valence electrons. The number of hydrogen-bond donors (Lipinski definition) is 1. The van der Waals surface area contributed by atoms with E-state index in [-0.39, 0.29) is 0 Å². The molecule has 2 aromatic heterocycles. The zero-order chi connectivity index (χ0) is 12.4. The maximum absolute atomic E-state index is 10.2. The summed E-state index contributed by atoms with van der Waals surface area (Å²) in [6.07, 6.45) is 3.81. The molecule has 0 amide bonds. The Labute approximate surface area is 113 Å². The van der Waals surface area contributed by atoms with Gasteiger partial charge in [-0.2, -0.15) is 0 Å². The fraction of sp³-hybridized carbons (Fsp3) is 0.417. The van der Waals surface area contributed by atoms with Crippen LogP contribution in [0.2, 0.25) is 0 Å². The van der Waals surface area contributed by atoms with Crippen LogP contribution in [0.3, 0.4) is 0 Å². The maximum Gasteiger partial charge on any atom is 0.111 e.